The Morgan fingerprint density at radius 1 is 1.21 bits per heavy atom. The monoisotopic (exact) mass is 405 g/mol. The maximum Gasteiger partial charge on any atom is 0.266 e. The highest BCUT2D eigenvalue weighted by Crippen LogP contribution is 2.18. The second-order valence-electron chi connectivity index (χ2n) is 6.24. The number of amides is 2. The predicted octanol–water partition coefficient (Wildman–Crippen LogP) is 1.67. The maximum absolute atomic E-state index is 12.6. The van der Waals surface area contributed by atoms with E-state index in [0.717, 1.165) is 0 Å². The summed E-state index contributed by atoms with van der Waals surface area (Å²) in [5, 5.41) is 11.8. The largest absolute Gasteiger partial charge is 0.390 e. The summed E-state index contributed by atoms with van der Waals surface area (Å²) in [6, 6.07) is 8.48. The van der Waals surface area contributed by atoms with Crippen molar-refractivity contribution >= 4 is 21.8 Å². The first kappa shape index (κ1) is 21.5. The van der Waals surface area contributed by atoms with Crippen molar-refractivity contribution in [3.05, 3.63) is 59.4 Å². The van der Waals surface area contributed by atoms with E-state index in [-0.39, 0.29) is 29.0 Å². The molecule has 1 aromatic heterocycles. The fourth-order valence-electron chi connectivity index (χ4n) is 2.47. The molecule has 8 nitrogen and oxygen atoms in total. The molecule has 3 N–H and O–H groups in total. The van der Waals surface area contributed by atoms with Gasteiger partial charge >= 0.3 is 0 Å². The Bertz CT molecular complexity index is 942. The smallest absolute Gasteiger partial charge is 0.266 e. The van der Waals surface area contributed by atoms with Crippen molar-refractivity contribution in [2.75, 3.05) is 0 Å². The molecule has 2 amide bonds. The Hall–Kier alpha value is -2.78. The van der Waals surface area contributed by atoms with Crippen molar-refractivity contribution in [3.63, 3.8) is 0 Å². The quantitative estimate of drug-likeness (QED) is 0.613. The zero-order valence-electron chi connectivity index (χ0n) is 15.7. The third kappa shape index (κ3) is 5.61. The molecule has 28 heavy (non-hydrogen) atoms. The number of benzene rings is 1. The third-order valence-corrected chi connectivity index (χ3v) is 5.33. The second-order valence-corrected chi connectivity index (χ2v) is 7.93. The minimum Gasteiger partial charge on any atom is -0.390 e. The topological polar surface area (TPSA) is 125 Å². The zero-order chi connectivity index (χ0) is 20.7. The summed E-state index contributed by atoms with van der Waals surface area (Å²) in [5.41, 5.74) is 1.03. The van der Waals surface area contributed by atoms with Gasteiger partial charge in [0.15, 0.2) is 0 Å². The number of carbonyl (C=O) groups is 2. The Morgan fingerprint density at radius 2 is 1.96 bits per heavy atom. The number of aliphatic hydroxyl groups is 1. The summed E-state index contributed by atoms with van der Waals surface area (Å²) in [5.74, 6) is -0.943. The standard InChI is InChI=1S/C19H23N3O5S/c1-3-5-18(24)21-13(2)14-6-4-7-17(10-14)28(26,27)22-19(25)15-8-9-16(12-23)20-11-15/h4,6-11,13,23H,3,5,12H2,1-2H3,(H,21,24)(H,22,25). The molecule has 2 aromatic rings. The Kier molecular flexibility index (Phi) is 7.24. The molecule has 0 aliphatic carbocycles. The molecule has 1 heterocycles. The van der Waals surface area contributed by atoms with Gasteiger partial charge in [0.2, 0.25) is 5.91 Å². The third-order valence-electron chi connectivity index (χ3n) is 4.00. The van der Waals surface area contributed by atoms with E-state index in [9.17, 15) is 18.0 Å². The lowest BCUT2D eigenvalue weighted by Gasteiger charge is -2.15. The van der Waals surface area contributed by atoms with Crippen LogP contribution in [0.2, 0.25) is 0 Å². The number of carbonyl (C=O) groups excluding carboxylic acids is 2. The number of aliphatic hydroxyl groups excluding tert-OH is 1. The van der Waals surface area contributed by atoms with Gasteiger partial charge < -0.3 is 10.4 Å². The number of sulfonamides is 1. The van der Waals surface area contributed by atoms with E-state index in [0.29, 0.717) is 24.1 Å². The highest BCUT2D eigenvalue weighted by Gasteiger charge is 2.20. The van der Waals surface area contributed by atoms with Crippen LogP contribution in [0.1, 0.15) is 54.3 Å². The van der Waals surface area contributed by atoms with Crippen molar-refractivity contribution in [3.8, 4) is 0 Å². The lowest BCUT2D eigenvalue weighted by atomic mass is 10.1. The summed E-state index contributed by atoms with van der Waals surface area (Å²) in [6.45, 7) is 3.37. The van der Waals surface area contributed by atoms with Crippen LogP contribution in [-0.2, 0) is 21.4 Å². The Balaban J connectivity index is 2.16. The molecular weight excluding hydrogens is 382 g/mol. The fourth-order valence-corrected chi connectivity index (χ4v) is 3.50. The van der Waals surface area contributed by atoms with Gasteiger partial charge in [-0.15, -0.1) is 0 Å². The SMILES string of the molecule is CCCC(=O)NC(C)c1cccc(S(=O)(=O)NC(=O)c2ccc(CO)nc2)c1. The number of rotatable bonds is 8. The number of hydrogen-bond donors (Lipinski definition) is 3. The van der Waals surface area contributed by atoms with Crippen LogP contribution in [0.15, 0.2) is 47.5 Å². The van der Waals surface area contributed by atoms with E-state index in [1.165, 1.54) is 30.5 Å². The second kappa shape index (κ2) is 9.43. The van der Waals surface area contributed by atoms with Crippen LogP contribution in [0.5, 0.6) is 0 Å². The number of aromatic nitrogens is 1. The van der Waals surface area contributed by atoms with Crippen molar-refractivity contribution in [2.24, 2.45) is 0 Å². The molecule has 1 unspecified atom stereocenters. The van der Waals surface area contributed by atoms with Gasteiger partial charge in [-0.1, -0.05) is 19.1 Å². The van der Waals surface area contributed by atoms with Gasteiger partial charge in [-0.25, -0.2) is 13.1 Å². The lowest BCUT2D eigenvalue weighted by Crippen LogP contribution is -2.31. The van der Waals surface area contributed by atoms with Crippen molar-refractivity contribution in [1.29, 1.82) is 0 Å². The van der Waals surface area contributed by atoms with Gasteiger partial charge in [-0.3, -0.25) is 14.6 Å². The molecular formula is C19H23N3O5S. The minimum absolute atomic E-state index is 0.0529. The number of hydrogen-bond acceptors (Lipinski definition) is 6. The molecule has 1 atom stereocenters. The number of pyridine rings is 1. The molecule has 0 aliphatic rings. The highest BCUT2D eigenvalue weighted by molar-refractivity contribution is 7.90. The first-order valence-corrected chi connectivity index (χ1v) is 10.3. The van der Waals surface area contributed by atoms with Crippen LogP contribution in [0, 0.1) is 0 Å². The molecule has 0 fully saturated rings. The van der Waals surface area contributed by atoms with Crippen LogP contribution in [-0.4, -0.2) is 30.3 Å². The molecule has 9 heteroatoms. The van der Waals surface area contributed by atoms with Crippen LogP contribution in [0.25, 0.3) is 0 Å². The first-order chi connectivity index (χ1) is 13.3. The van der Waals surface area contributed by atoms with Gasteiger partial charge in [0, 0.05) is 12.6 Å². The van der Waals surface area contributed by atoms with E-state index < -0.39 is 15.9 Å². The van der Waals surface area contributed by atoms with Crippen LogP contribution < -0.4 is 10.0 Å². The Labute approximate surface area is 164 Å². The molecule has 0 radical (unpaired) electrons. The molecule has 0 aliphatic heterocycles. The molecule has 0 spiro atoms. The van der Waals surface area contributed by atoms with E-state index in [1.54, 1.807) is 19.1 Å². The number of nitrogens with zero attached hydrogens (tertiary/aromatic N) is 1. The molecule has 1 aromatic carbocycles. The van der Waals surface area contributed by atoms with Crippen LogP contribution in [0.4, 0.5) is 0 Å². The van der Waals surface area contributed by atoms with Crippen molar-refractivity contribution in [1.82, 2.24) is 15.0 Å². The molecule has 0 saturated carbocycles. The summed E-state index contributed by atoms with van der Waals surface area (Å²) in [6.07, 6.45) is 2.30. The summed E-state index contributed by atoms with van der Waals surface area (Å²) in [4.78, 5) is 27.7. The molecule has 2 rings (SSSR count). The van der Waals surface area contributed by atoms with Gasteiger partial charge in [-0.2, -0.15) is 0 Å². The Morgan fingerprint density at radius 3 is 2.57 bits per heavy atom. The van der Waals surface area contributed by atoms with E-state index in [4.69, 9.17) is 5.11 Å². The predicted molar refractivity (Wildman–Crippen MR) is 103 cm³/mol. The van der Waals surface area contributed by atoms with Crippen molar-refractivity contribution in [2.45, 2.75) is 44.2 Å². The molecule has 0 saturated heterocycles. The van der Waals surface area contributed by atoms with Gasteiger partial charge in [0.1, 0.15) is 0 Å². The molecule has 0 bridgehead atoms. The normalized spacial score (nSPS) is 12.2. The van der Waals surface area contributed by atoms with E-state index in [1.807, 2.05) is 11.6 Å². The molecule has 150 valence electrons. The van der Waals surface area contributed by atoms with E-state index >= 15 is 0 Å². The highest BCUT2D eigenvalue weighted by atomic mass is 32.2. The zero-order valence-corrected chi connectivity index (χ0v) is 16.5. The van der Waals surface area contributed by atoms with Crippen molar-refractivity contribution < 1.29 is 23.1 Å². The first-order valence-electron chi connectivity index (χ1n) is 8.79. The van der Waals surface area contributed by atoms with Gasteiger partial charge in [-0.05, 0) is 43.2 Å². The van der Waals surface area contributed by atoms with E-state index in [2.05, 4.69) is 10.3 Å². The summed E-state index contributed by atoms with van der Waals surface area (Å²) in [7, 11) is -4.11. The van der Waals surface area contributed by atoms with Crippen LogP contribution in [0.3, 0.4) is 0 Å². The average molecular weight is 405 g/mol. The maximum atomic E-state index is 12.6. The van der Waals surface area contributed by atoms with Gasteiger partial charge in [0.05, 0.1) is 28.8 Å². The van der Waals surface area contributed by atoms with Gasteiger partial charge in [0.25, 0.3) is 15.9 Å². The minimum atomic E-state index is -4.11. The number of nitrogens with one attached hydrogen (secondary N) is 2. The van der Waals surface area contributed by atoms with Crippen LogP contribution >= 0.6 is 0 Å². The summed E-state index contributed by atoms with van der Waals surface area (Å²) < 4.78 is 27.1. The fraction of sp³-hybridized carbons (Fsp3) is 0.316. The lowest BCUT2D eigenvalue weighted by molar-refractivity contribution is -0.121. The summed E-state index contributed by atoms with van der Waals surface area (Å²) >= 11 is 0. The average Bonchev–Trinajstić information content (AvgIpc) is 2.68.